The standard InChI is InChI=1S/C23H18F3N3OS/c24-23(25,26)20-18(16-5-2-1-3-6-16)13-19(31-20)22-27-21(28-30-22)17-9-7-15(8-10-17)14-29-11-4-12-29/h1-3,5-10,13H,4,11-12,14H2. The number of hydrogen-bond acceptors (Lipinski definition) is 5. The Morgan fingerprint density at radius 1 is 0.968 bits per heavy atom. The second kappa shape index (κ2) is 7.94. The number of alkyl halides is 3. The molecule has 1 aliphatic heterocycles. The van der Waals surface area contributed by atoms with Crippen molar-refractivity contribution in [2.75, 3.05) is 13.1 Å². The van der Waals surface area contributed by atoms with Gasteiger partial charge in [-0.1, -0.05) is 59.8 Å². The first-order chi connectivity index (χ1) is 15.0. The summed E-state index contributed by atoms with van der Waals surface area (Å²) in [5.41, 5.74) is 2.57. The lowest BCUT2D eigenvalue weighted by atomic mass is 10.1. The van der Waals surface area contributed by atoms with Gasteiger partial charge in [-0.15, -0.1) is 11.3 Å². The maximum atomic E-state index is 13.6. The summed E-state index contributed by atoms with van der Waals surface area (Å²) in [7, 11) is 0. The highest BCUT2D eigenvalue weighted by Crippen LogP contribution is 2.45. The predicted octanol–water partition coefficient (Wildman–Crippen LogP) is 6.36. The highest BCUT2D eigenvalue weighted by atomic mass is 32.1. The number of benzene rings is 2. The third kappa shape index (κ3) is 4.13. The van der Waals surface area contributed by atoms with Crippen LogP contribution >= 0.6 is 11.3 Å². The van der Waals surface area contributed by atoms with Gasteiger partial charge in [0, 0.05) is 17.7 Å². The third-order valence-corrected chi connectivity index (χ3v) is 6.45. The summed E-state index contributed by atoms with van der Waals surface area (Å²) in [5.74, 6) is 0.436. The summed E-state index contributed by atoms with van der Waals surface area (Å²) in [6, 6.07) is 17.8. The van der Waals surface area contributed by atoms with E-state index in [1.165, 1.54) is 18.1 Å². The number of rotatable bonds is 5. The van der Waals surface area contributed by atoms with Crippen LogP contribution in [0.15, 0.2) is 65.2 Å². The van der Waals surface area contributed by atoms with E-state index in [-0.39, 0.29) is 11.5 Å². The number of hydrogen-bond donors (Lipinski definition) is 0. The smallest absolute Gasteiger partial charge is 0.333 e. The van der Waals surface area contributed by atoms with E-state index in [0.29, 0.717) is 27.6 Å². The highest BCUT2D eigenvalue weighted by Gasteiger charge is 2.37. The molecule has 0 spiro atoms. The van der Waals surface area contributed by atoms with Crippen LogP contribution in [0.4, 0.5) is 13.2 Å². The first kappa shape index (κ1) is 20.0. The topological polar surface area (TPSA) is 42.2 Å². The Hall–Kier alpha value is -2.97. The molecule has 2 aromatic carbocycles. The zero-order chi connectivity index (χ0) is 21.4. The number of nitrogens with zero attached hydrogens (tertiary/aromatic N) is 3. The molecule has 1 fully saturated rings. The maximum Gasteiger partial charge on any atom is 0.426 e. The molecule has 0 amide bonds. The molecule has 0 aliphatic carbocycles. The predicted molar refractivity (Wildman–Crippen MR) is 113 cm³/mol. The summed E-state index contributed by atoms with van der Waals surface area (Å²) >= 11 is 0.614. The fourth-order valence-electron chi connectivity index (χ4n) is 3.54. The molecule has 4 aromatic rings. The molecule has 0 atom stereocenters. The van der Waals surface area contributed by atoms with Crippen molar-refractivity contribution in [2.24, 2.45) is 0 Å². The van der Waals surface area contributed by atoms with Crippen LogP contribution in [0.2, 0.25) is 0 Å². The zero-order valence-electron chi connectivity index (χ0n) is 16.4. The number of halogens is 3. The molecule has 158 valence electrons. The van der Waals surface area contributed by atoms with Gasteiger partial charge in [0.05, 0.1) is 4.88 Å². The average molecular weight is 441 g/mol. The monoisotopic (exact) mass is 441 g/mol. The van der Waals surface area contributed by atoms with Crippen LogP contribution in [0.25, 0.3) is 33.3 Å². The van der Waals surface area contributed by atoms with Gasteiger partial charge in [0.1, 0.15) is 4.88 Å². The molecule has 2 aromatic heterocycles. The molecule has 4 nitrogen and oxygen atoms in total. The first-order valence-electron chi connectivity index (χ1n) is 9.89. The molecule has 1 saturated heterocycles. The van der Waals surface area contributed by atoms with Gasteiger partial charge < -0.3 is 4.52 Å². The molecule has 31 heavy (non-hydrogen) atoms. The van der Waals surface area contributed by atoms with Crippen LogP contribution in [0.1, 0.15) is 16.9 Å². The van der Waals surface area contributed by atoms with Crippen LogP contribution in [0.5, 0.6) is 0 Å². The molecular weight excluding hydrogens is 423 g/mol. The fourth-order valence-corrected chi connectivity index (χ4v) is 4.51. The average Bonchev–Trinajstić information content (AvgIpc) is 3.39. The van der Waals surface area contributed by atoms with Crippen LogP contribution in [-0.4, -0.2) is 28.1 Å². The van der Waals surface area contributed by atoms with Crippen molar-refractivity contribution < 1.29 is 17.7 Å². The molecule has 5 rings (SSSR count). The summed E-state index contributed by atoms with van der Waals surface area (Å²) < 4.78 is 46.2. The summed E-state index contributed by atoms with van der Waals surface area (Å²) in [6.45, 7) is 3.17. The lowest BCUT2D eigenvalue weighted by Gasteiger charge is -2.30. The van der Waals surface area contributed by atoms with Crippen molar-refractivity contribution >= 4 is 11.3 Å². The minimum absolute atomic E-state index is 0.0809. The van der Waals surface area contributed by atoms with Crippen LogP contribution in [0, 0.1) is 0 Å². The molecule has 3 heterocycles. The number of thiophene rings is 1. The minimum atomic E-state index is -4.47. The van der Waals surface area contributed by atoms with E-state index in [9.17, 15) is 13.2 Å². The zero-order valence-corrected chi connectivity index (χ0v) is 17.2. The maximum absolute atomic E-state index is 13.6. The summed E-state index contributed by atoms with van der Waals surface area (Å²) in [5, 5.41) is 3.98. The van der Waals surface area contributed by atoms with Gasteiger partial charge in [0.2, 0.25) is 5.82 Å². The van der Waals surface area contributed by atoms with Gasteiger partial charge >= 0.3 is 6.18 Å². The molecule has 0 unspecified atom stereocenters. The van der Waals surface area contributed by atoms with Crippen molar-refractivity contribution in [1.29, 1.82) is 0 Å². The highest BCUT2D eigenvalue weighted by molar-refractivity contribution is 7.16. The van der Waals surface area contributed by atoms with Gasteiger partial charge in [-0.2, -0.15) is 18.2 Å². The Morgan fingerprint density at radius 3 is 2.35 bits per heavy atom. The van der Waals surface area contributed by atoms with Crippen LogP contribution < -0.4 is 0 Å². The van der Waals surface area contributed by atoms with E-state index in [1.807, 2.05) is 24.3 Å². The largest absolute Gasteiger partial charge is 0.426 e. The van der Waals surface area contributed by atoms with E-state index in [0.717, 1.165) is 25.2 Å². The van der Waals surface area contributed by atoms with Crippen molar-refractivity contribution in [3.8, 4) is 33.3 Å². The Labute approximate surface area is 181 Å². The number of aromatic nitrogens is 2. The molecule has 0 saturated carbocycles. The van der Waals surface area contributed by atoms with Crippen LogP contribution in [-0.2, 0) is 12.7 Å². The summed E-state index contributed by atoms with van der Waals surface area (Å²) in [4.78, 5) is 6.33. The van der Waals surface area contributed by atoms with E-state index in [1.54, 1.807) is 30.3 Å². The minimum Gasteiger partial charge on any atom is -0.333 e. The Kier molecular flexibility index (Phi) is 5.11. The van der Waals surface area contributed by atoms with E-state index in [4.69, 9.17) is 4.52 Å². The normalized spacial score (nSPS) is 14.5. The Balaban J connectivity index is 1.43. The number of likely N-dealkylation sites (tertiary alicyclic amines) is 1. The summed E-state index contributed by atoms with van der Waals surface area (Å²) in [6.07, 6.45) is -3.22. The molecule has 8 heteroatoms. The van der Waals surface area contributed by atoms with Gasteiger partial charge in [0.15, 0.2) is 0 Å². The fraction of sp³-hybridized carbons (Fsp3) is 0.217. The van der Waals surface area contributed by atoms with E-state index >= 15 is 0 Å². The second-order valence-corrected chi connectivity index (χ2v) is 8.52. The van der Waals surface area contributed by atoms with Crippen molar-refractivity contribution in [2.45, 2.75) is 19.1 Å². The van der Waals surface area contributed by atoms with Gasteiger partial charge in [-0.25, -0.2) is 0 Å². The molecule has 0 radical (unpaired) electrons. The third-order valence-electron chi connectivity index (χ3n) is 5.28. The molecular formula is C23H18F3N3OS. The Morgan fingerprint density at radius 2 is 1.71 bits per heavy atom. The lowest BCUT2D eigenvalue weighted by Crippen LogP contribution is -2.36. The van der Waals surface area contributed by atoms with Gasteiger partial charge in [-0.05, 0) is 36.7 Å². The van der Waals surface area contributed by atoms with Crippen molar-refractivity contribution in [3.63, 3.8) is 0 Å². The second-order valence-electron chi connectivity index (χ2n) is 7.47. The molecule has 0 bridgehead atoms. The van der Waals surface area contributed by atoms with Crippen molar-refractivity contribution in [3.05, 3.63) is 71.1 Å². The van der Waals surface area contributed by atoms with Crippen LogP contribution in [0.3, 0.4) is 0 Å². The quantitative estimate of drug-likeness (QED) is 0.362. The SMILES string of the molecule is FC(F)(F)c1sc(-c2nc(-c3ccc(CN4CCC4)cc3)no2)cc1-c1ccccc1. The van der Waals surface area contributed by atoms with Crippen molar-refractivity contribution in [1.82, 2.24) is 15.0 Å². The Bertz CT molecular complexity index is 1180. The van der Waals surface area contributed by atoms with Gasteiger partial charge in [0.25, 0.3) is 5.89 Å². The van der Waals surface area contributed by atoms with Gasteiger partial charge in [-0.3, -0.25) is 4.90 Å². The molecule has 1 aliphatic rings. The first-order valence-corrected chi connectivity index (χ1v) is 10.7. The lowest BCUT2D eigenvalue weighted by molar-refractivity contribution is -0.133. The van der Waals surface area contributed by atoms with E-state index < -0.39 is 11.1 Å². The van der Waals surface area contributed by atoms with E-state index in [2.05, 4.69) is 15.0 Å². The molecule has 0 N–H and O–H groups in total.